The molecule has 2 N–H and O–H groups in total. The van der Waals surface area contributed by atoms with Crippen molar-refractivity contribution in [3.8, 4) is 5.75 Å². The molecule has 1 amide bonds. The van der Waals surface area contributed by atoms with Gasteiger partial charge in [-0.3, -0.25) is 9.52 Å². The van der Waals surface area contributed by atoms with E-state index in [9.17, 15) is 13.2 Å². The second-order valence-corrected chi connectivity index (χ2v) is 8.28. The van der Waals surface area contributed by atoms with Crippen molar-refractivity contribution in [2.24, 2.45) is 0 Å². The van der Waals surface area contributed by atoms with Crippen LogP contribution in [0.25, 0.3) is 0 Å². The summed E-state index contributed by atoms with van der Waals surface area (Å²) in [5.41, 5.74) is 2.95. The number of hydrogen-bond acceptors (Lipinski definition) is 4. The number of amides is 1. The van der Waals surface area contributed by atoms with Gasteiger partial charge in [-0.25, -0.2) is 8.42 Å². The second-order valence-electron chi connectivity index (χ2n) is 6.60. The van der Waals surface area contributed by atoms with E-state index in [0.29, 0.717) is 17.1 Å². The Hall–Kier alpha value is -3.32. The molecule has 0 atom stereocenters. The first-order valence-electron chi connectivity index (χ1n) is 9.01. The fourth-order valence-corrected chi connectivity index (χ4v) is 3.67. The maximum Gasteiger partial charge on any atom is 0.262 e. The molecule has 0 bridgehead atoms. The van der Waals surface area contributed by atoms with Gasteiger partial charge in [0.2, 0.25) is 0 Å². The molecule has 0 spiro atoms. The maximum absolute atomic E-state index is 12.5. The van der Waals surface area contributed by atoms with Gasteiger partial charge in [0.15, 0.2) is 6.61 Å². The van der Waals surface area contributed by atoms with Gasteiger partial charge < -0.3 is 10.1 Å². The standard InChI is InChI=1S/C22H22N2O4S/c1-16-7-9-19(10-8-16)24-29(26,27)20-13-11-18(12-14-20)23-22(25)15-28-21-6-4-3-5-17(21)2/h3-14,24H,15H2,1-2H3,(H,23,25). The van der Waals surface area contributed by atoms with Gasteiger partial charge in [0.1, 0.15) is 5.75 Å². The van der Waals surface area contributed by atoms with E-state index in [2.05, 4.69) is 10.0 Å². The molecule has 0 aromatic heterocycles. The van der Waals surface area contributed by atoms with Crippen molar-refractivity contribution in [1.82, 2.24) is 0 Å². The number of rotatable bonds is 7. The molecular formula is C22H22N2O4S. The number of sulfonamides is 1. The van der Waals surface area contributed by atoms with Crippen molar-refractivity contribution in [3.05, 3.63) is 83.9 Å². The first-order valence-corrected chi connectivity index (χ1v) is 10.5. The fraction of sp³-hybridized carbons (Fsp3) is 0.136. The summed E-state index contributed by atoms with van der Waals surface area (Å²) in [5.74, 6) is 0.313. The SMILES string of the molecule is Cc1ccc(NS(=O)(=O)c2ccc(NC(=O)COc3ccccc3C)cc2)cc1. The van der Waals surface area contributed by atoms with E-state index in [1.54, 1.807) is 18.2 Å². The van der Waals surface area contributed by atoms with Crippen LogP contribution in [0.1, 0.15) is 11.1 Å². The smallest absolute Gasteiger partial charge is 0.262 e. The van der Waals surface area contributed by atoms with E-state index < -0.39 is 10.0 Å². The highest BCUT2D eigenvalue weighted by Gasteiger charge is 2.14. The lowest BCUT2D eigenvalue weighted by Gasteiger charge is -2.11. The Labute approximate surface area is 170 Å². The maximum atomic E-state index is 12.5. The van der Waals surface area contributed by atoms with Crippen LogP contribution >= 0.6 is 0 Å². The van der Waals surface area contributed by atoms with Gasteiger partial charge in [-0.2, -0.15) is 0 Å². The van der Waals surface area contributed by atoms with Crippen molar-refractivity contribution < 1.29 is 17.9 Å². The zero-order valence-electron chi connectivity index (χ0n) is 16.2. The normalized spacial score (nSPS) is 11.0. The van der Waals surface area contributed by atoms with E-state index in [-0.39, 0.29) is 17.4 Å². The van der Waals surface area contributed by atoms with Gasteiger partial charge in [0.05, 0.1) is 4.90 Å². The molecule has 150 valence electrons. The molecule has 0 aliphatic heterocycles. The molecule has 29 heavy (non-hydrogen) atoms. The molecule has 0 saturated carbocycles. The molecule has 0 radical (unpaired) electrons. The molecule has 0 saturated heterocycles. The molecule has 0 aliphatic rings. The monoisotopic (exact) mass is 410 g/mol. The van der Waals surface area contributed by atoms with Crippen LogP contribution in [0, 0.1) is 13.8 Å². The summed E-state index contributed by atoms with van der Waals surface area (Å²) in [6.45, 7) is 3.69. The Kier molecular flexibility index (Phi) is 6.19. The largest absolute Gasteiger partial charge is 0.483 e. The first kappa shape index (κ1) is 20.4. The highest BCUT2D eigenvalue weighted by Crippen LogP contribution is 2.19. The van der Waals surface area contributed by atoms with Crippen LogP contribution in [0.15, 0.2) is 77.7 Å². The van der Waals surface area contributed by atoms with Crippen LogP contribution in [0.4, 0.5) is 11.4 Å². The third kappa shape index (κ3) is 5.58. The minimum atomic E-state index is -3.71. The fourth-order valence-electron chi connectivity index (χ4n) is 2.61. The molecular weight excluding hydrogens is 388 g/mol. The van der Waals surface area contributed by atoms with Gasteiger partial charge in [0, 0.05) is 11.4 Å². The highest BCUT2D eigenvalue weighted by atomic mass is 32.2. The van der Waals surface area contributed by atoms with Crippen molar-refractivity contribution in [2.75, 3.05) is 16.6 Å². The summed E-state index contributed by atoms with van der Waals surface area (Å²) in [6.07, 6.45) is 0. The molecule has 7 heteroatoms. The predicted molar refractivity (Wildman–Crippen MR) is 114 cm³/mol. The summed E-state index contributed by atoms with van der Waals surface area (Å²) in [7, 11) is -3.71. The van der Waals surface area contributed by atoms with E-state index in [1.165, 1.54) is 24.3 Å². The first-order chi connectivity index (χ1) is 13.8. The van der Waals surface area contributed by atoms with Crippen molar-refractivity contribution >= 4 is 27.3 Å². The molecule has 0 aliphatic carbocycles. The second kappa shape index (κ2) is 8.79. The summed E-state index contributed by atoms with van der Waals surface area (Å²) in [5, 5.41) is 2.69. The van der Waals surface area contributed by atoms with Crippen LogP contribution in [-0.4, -0.2) is 20.9 Å². The number of hydrogen-bond donors (Lipinski definition) is 2. The van der Waals surface area contributed by atoms with Crippen LogP contribution < -0.4 is 14.8 Å². The quantitative estimate of drug-likeness (QED) is 0.614. The summed E-state index contributed by atoms with van der Waals surface area (Å²) >= 11 is 0. The molecule has 0 unspecified atom stereocenters. The van der Waals surface area contributed by atoms with E-state index >= 15 is 0 Å². The van der Waals surface area contributed by atoms with Crippen molar-refractivity contribution in [3.63, 3.8) is 0 Å². The average molecular weight is 410 g/mol. The lowest BCUT2D eigenvalue weighted by Crippen LogP contribution is -2.20. The van der Waals surface area contributed by atoms with E-state index in [0.717, 1.165) is 11.1 Å². The Balaban J connectivity index is 1.59. The topological polar surface area (TPSA) is 84.5 Å². The van der Waals surface area contributed by atoms with Crippen LogP contribution in [0.3, 0.4) is 0 Å². The van der Waals surface area contributed by atoms with Crippen molar-refractivity contribution in [1.29, 1.82) is 0 Å². The molecule has 3 rings (SSSR count). The zero-order chi connectivity index (χ0) is 20.9. The molecule has 6 nitrogen and oxygen atoms in total. The molecule has 0 fully saturated rings. The van der Waals surface area contributed by atoms with Crippen LogP contribution in [-0.2, 0) is 14.8 Å². The third-order valence-corrected chi connectivity index (χ3v) is 5.60. The summed E-state index contributed by atoms with van der Waals surface area (Å²) in [6, 6.07) is 20.4. The van der Waals surface area contributed by atoms with Crippen LogP contribution in [0.5, 0.6) is 5.75 Å². The number of nitrogens with one attached hydrogen (secondary N) is 2. The Morgan fingerprint density at radius 2 is 1.48 bits per heavy atom. The summed E-state index contributed by atoms with van der Waals surface area (Å²) in [4.78, 5) is 12.2. The predicted octanol–water partition coefficient (Wildman–Crippen LogP) is 4.12. The van der Waals surface area contributed by atoms with Gasteiger partial charge in [-0.05, 0) is 61.9 Å². The molecule has 3 aromatic carbocycles. The van der Waals surface area contributed by atoms with Crippen molar-refractivity contribution in [2.45, 2.75) is 18.7 Å². The van der Waals surface area contributed by atoms with Gasteiger partial charge in [-0.1, -0.05) is 35.9 Å². The number of carbonyl (C=O) groups is 1. The lowest BCUT2D eigenvalue weighted by atomic mass is 10.2. The zero-order valence-corrected chi connectivity index (χ0v) is 17.0. The Morgan fingerprint density at radius 1 is 0.862 bits per heavy atom. The number of aryl methyl sites for hydroxylation is 2. The number of ether oxygens (including phenoxy) is 1. The molecule has 3 aromatic rings. The number of para-hydroxylation sites is 1. The highest BCUT2D eigenvalue weighted by molar-refractivity contribution is 7.92. The van der Waals surface area contributed by atoms with E-state index in [4.69, 9.17) is 4.74 Å². The van der Waals surface area contributed by atoms with Gasteiger partial charge >= 0.3 is 0 Å². The number of benzene rings is 3. The average Bonchev–Trinajstić information content (AvgIpc) is 2.69. The molecule has 0 heterocycles. The Morgan fingerprint density at radius 3 is 2.14 bits per heavy atom. The lowest BCUT2D eigenvalue weighted by molar-refractivity contribution is -0.118. The number of carbonyl (C=O) groups excluding carboxylic acids is 1. The minimum absolute atomic E-state index is 0.104. The summed E-state index contributed by atoms with van der Waals surface area (Å²) < 4.78 is 33.0. The number of anilines is 2. The van der Waals surface area contributed by atoms with E-state index in [1.807, 2.05) is 44.2 Å². The third-order valence-electron chi connectivity index (χ3n) is 4.20. The minimum Gasteiger partial charge on any atom is -0.483 e. The Bertz CT molecular complexity index is 1090. The van der Waals surface area contributed by atoms with Crippen LogP contribution in [0.2, 0.25) is 0 Å². The van der Waals surface area contributed by atoms with Gasteiger partial charge in [-0.15, -0.1) is 0 Å². The van der Waals surface area contributed by atoms with Gasteiger partial charge in [0.25, 0.3) is 15.9 Å².